The summed E-state index contributed by atoms with van der Waals surface area (Å²) in [7, 11) is 0. The molecule has 0 spiro atoms. The van der Waals surface area contributed by atoms with Crippen LogP contribution in [0.3, 0.4) is 0 Å². The highest BCUT2D eigenvalue weighted by Gasteiger charge is 1.98. The van der Waals surface area contributed by atoms with Crippen molar-refractivity contribution in [2.45, 2.75) is 80.1 Å². The zero-order valence-electron chi connectivity index (χ0n) is 12.8. The van der Waals surface area contributed by atoms with E-state index in [0.717, 1.165) is 32.1 Å². The van der Waals surface area contributed by atoms with Crippen molar-refractivity contribution in [3.8, 4) is 0 Å². The van der Waals surface area contributed by atoms with Crippen molar-refractivity contribution in [3.05, 3.63) is 0 Å². The van der Waals surface area contributed by atoms with Gasteiger partial charge in [0.1, 0.15) is 0 Å². The van der Waals surface area contributed by atoms with Crippen LogP contribution in [-0.2, 0) is 9.59 Å². The van der Waals surface area contributed by atoms with Gasteiger partial charge in [-0.1, -0.05) is 54.4 Å². The molecule has 4 heteroatoms. The van der Waals surface area contributed by atoms with E-state index in [4.69, 9.17) is 10.2 Å². The van der Waals surface area contributed by atoms with Crippen LogP contribution < -0.4 is 0 Å². The first kappa shape index (κ1) is 24.0. The maximum absolute atomic E-state index is 10.0. The van der Waals surface area contributed by atoms with Crippen molar-refractivity contribution in [1.29, 1.82) is 0 Å². The zero-order chi connectivity index (χ0) is 15.3. The molecule has 0 bridgehead atoms. The quantitative estimate of drug-likeness (QED) is 0.597. The maximum atomic E-state index is 10.0. The van der Waals surface area contributed by atoms with Gasteiger partial charge in [0.05, 0.1) is 0 Å². The van der Waals surface area contributed by atoms with Gasteiger partial charge in [0.25, 0.3) is 0 Å². The molecule has 0 aliphatic heterocycles. The number of aliphatic carboxylic acids is 2. The summed E-state index contributed by atoms with van der Waals surface area (Å²) in [5.74, 6) is -0.0300. The Hall–Kier alpha value is -1.06. The van der Waals surface area contributed by atoms with Gasteiger partial charge in [-0.3, -0.25) is 9.59 Å². The van der Waals surface area contributed by atoms with Crippen LogP contribution in [0.15, 0.2) is 0 Å². The largest absolute Gasteiger partial charge is 0.481 e. The fourth-order valence-corrected chi connectivity index (χ4v) is 1.49. The summed E-state index contributed by atoms with van der Waals surface area (Å²) in [6.07, 6.45) is 5.49. The minimum atomic E-state index is -0.685. The predicted octanol–water partition coefficient (Wildman–Crippen LogP) is 4.82. The van der Waals surface area contributed by atoms with Crippen LogP contribution in [0.1, 0.15) is 80.1 Å². The fourth-order valence-electron chi connectivity index (χ4n) is 1.49. The minimum absolute atomic E-state index is 0. The molecule has 0 rings (SSSR count). The molecule has 0 amide bonds. The van der Waals surface area contributed by atoms with Crippen LogP contribution in [0.2, 0.25) is 0 Å². The highest BCUT2D eigenvalue weighted by Crippen LogP contribution is 2.07. The van der Waals surface area contributed by atoms with Crippen LogP contribution in [-0.4, -0.2) is 22.2 Å². The van der Waals surface area contributed by atoms with E-state index in [0.29, 0.717) is 24.7 Å². The van der Waals surface area contributed by atoms with E-state index in [2.05, 4.69) is 27.7 Å². The molecule has 20 heavy (non-hydrogen) atoms. The van der Waals surface area contributed by atoms with Gasteiger partial charge in [-0.15, -0.1) is 0 Å². The second-order valence-electron chi connectivity index (χ2n) is 5.71. The monoisotopic (exact) mass is 290 g/mol. The molecule has 0 saturated carbocycles. The van der Waals surface area contributed by atoms with Gasteiger partial charge in [-0.25, -0.2) is 0 Å². The first-order valence-corrected chi connectivity index (χ1v) is 7.19. The van der Waals surface area contributed by atoms with E-state index in [-0.39, 0.29) is 7.43 Å². The highest BCUT2D eigenvalue weighted by molar-refractivity contribution is 5.66. The standard InChI is InChI=1S/C8H16O2.C7H14O2.CH4/c1-7(2)5-3-4-6-8(9)10;1-6(2)4-3-5-7(8)9;/h7H,3-6H2,1-2H3,(H,9,10);6H,3-5H2,1-2H3,(H,8,9);1H4. The van der Waals surface area contributed by atoms with Crippen molar-refractivity contribution >= 4 is 11.9 Å². The molecular weight excluding hydrogens is 256 g/mol. The third-order valence-electron chi connectivity index (χ3n) is 2.59. The van der Waals surface area contributed by atoms with E-state index in [1.165, 1.54) is 0 Å². The van der Waals surface area contributed by atoms with Crippen molar-refractivity contribution in [2.75, 3.05) is 0 Å². The third-order valence-corrected chi connectivity index (χ3v) is 2.59. The summed E-state index contributed by atoms with van der Waals surface area (Å²) >= 11 is 0. The Morgan fingerprint density at radius 2 is 1.10 bits per heavy atom. The number of hydrogen-bond acceptors (Lipinski definition) is 2. The first-order valence-electron chi connectivity index (χ1n) is 7.19. The van der Waals surface area contributed by atoms with Crippen molar-refractivity contribution in [2.24, 2.45) is 11.8 Å². The summed E-state index contributed by atoms with van der Waals surface area (Å²) in [5, 5.41) is 16.5. The lowest BCUT2D eigenvalue weighted by Crippen LogP contribution is -1.95. The van der Waals surface area contributed by atoms with E-state index >= 15 is 0 Å². The molecule has 0 unspecified atom stereocenters. The van der Waals surface area contributed by atoms with Gasteiger partial charge >= 0.3 is 11.9 Å². The van der Waals surface area contributed by atoms with Crippen LogP contribution in [0, 0.1) is 11.8 Å². The van der Waals surface area contributed by atoms with Gasteiger partial charge in [0.2, 0.25) is 0 Å². The number of carboxylic acid groups (broad SMARTS) is 2. The SMILES string of the molecule is C.CC(C)CCCC(=O)O.CC(C)CCCCC(=O)O. The second kappa shape index (κ2) is 16.0. The Morgan fingerprint density at radius 3 is 1.45 bits per heavy atom. The molecule has 0 saturated heterocycles. The van der Waals surface area contributed by atoms with Crippen LogP contribution >= 0.6 is 0 Å². The summed E-state index contributed by atoms with van der Waals surface area (Å²) in [6, 6.07) is 0. The molecule has 0 aromatic rings. The summed E-state index contributed by atoms with van der Waals surface area (Å²) in [6.45, 7) is 8.51. The van der Waals surface area contributed by atoms with Gasteiger partial charge in [-0.05, 0) is 24.7 Å². The maximum Gasteiger partial charge on any atom is 0.303 e. The molecule has 0 aliphatic rings. The van der Waals surface area contributed by atoms with Gasteiger partial charge < -0.3 is 10.2 Å². The fraction of sp³-hybridized carbons (Fsp3) is 0.875. The van der Waals surface area contributed by atoms with Crippen molar-refractivity contribution in [1.82, 2.24) is 0 Å². The Kier molecular flexibility index (Phi) is 19.2. The highest BCUT2D eigenvalue weighted by atomic mass is 16.4. The van der Waals surface area contributed by atoms with E-state index in [9.17, 15) is 9.59 Å². The average Bonchev–Trinajstić information content (AvgIpc) is 2.23. The zero-order valence-corrected chi connectivity index (χ0v) is 12.8. The number of unbranched alkanes of at least 4 members (excludes halogenated alkanes) is 1. The Bertz CT molecular complexity index is 235. The molecule has 0 radical (unpaired) electrons. The average molecular weight is 290 g/mol. The van der Waals surface area contributed by atoms with E-state index < -0.39 is 11.9 Å². The number of carbonyl (C=O) groups is 2. The Balaban J connectivity index is -0.000000277. The lowest BCUT2D eigenvalue weighted by molar-refractivity contribution is -0.138. The molecule has 0 fully saturated rings. The Labute approximate surface area is 124 Å². The third kappa shape index (κ3) is 30.2. The first-order chi connectivity index (χ1) is 8.75. The molecule has 2 N–H and O–H groups in total. The molecule has 0 aromatic heterocycles. The Morgan fingerprint density at radius 1 is 0.750 bits per heavy atom. The molecule has 4 nitrogen and oxygen atoms in total. The lowest BCUT2D eigenvalue weighted by Gasteiger charge is -2.01. The van der Waals surface area contributed by atoms with E-state index in [1.54, 1.807) is 0 Å². The lowest BCUT2D eigenvalue weighted by atomic mass is 10.1. The van der Waals surface area contributed by atoms with Gasteiger partial charge in [-0.2, -0.15) is 0 Å². The minimum Gasteiger partial charge on any atom is -0.481 e. The predicted molar refractivity (Wildman–Crippen MR) is 84.0 cm³/mol. The van der Waals surface area contributed by atoms with Gasteiger partial charge in [0, 0.05) is 12.8 Å². The number of hydrogen-bond donors (Lipinski definition) is 2. The van der Waals surface area contributed by atoms with Crippen LogP contribution in [0.5, 0.6) is 0 Å². The topological polar surface area (TPSA) is 74.6 Å². The molecule has 0 aromatic carbocycles. The van der Waals surface area contributed by atoms with E-state index in [1.807, 2.05) is 0 Å². The second-order valence-corrected chi connectivity index (χ2v) is 5.71. The van der Waals surface area contributed by atoms with Crippen molar-refractivity contribution in [3.63, 3.8) is 0 Å². The normalized spacial score (nSPS) is 9.70. The summed E-state index contributed by atoms with van der Waals surface area (Å²) in [5.41, 5.74) is 0. The molecule has 0 atom stereocenters. The molecule has 0 heterocycles. The molecule has 122 valence electrons. The molecular formula is C16H34O4. The van der Waals surface area contributed by atoms with Gasteiger partial charge in [0.15, 0.2) is 0 Å². The smallest absolute Gasteiger partial charge is 0.303 e. The van der Waals surface area contributed by atoms with Crippen molar-refractivity contribution < 1.29 is 19.8 Å². The molecule has 0 aliphatic carbocycles. The van der Waals surface area contributed by atoms with Crippen LogP contribution in [0.4, 0.5) is 0 Å². The summed E-state index contributed by atoms with van der Waals surface area (Å²) in [4.78, 5) is 20.0. The number of carboxylic acids is 2. The van der Waals surface area contributed by atoms with Crippen LogP contribution in [0.25, 0.3) is 0 Å². The summed E-state index contributed by atoms with van der Waals surface area (Å²) < 4.78 is 0. The number of rotatable bonds is 9.